The molecule has 0 spiro atoms. The Labute approximate surface area is 154 Å². The van der Waals surface area contributed by atoms with Gasteiger partial charge in [-0.2, -0.15) is 0 Å². The van der Waals surface area contributed by atoms with Gasteiger partial charge in [0.05, 0.1) is 0 Å². The minimum atomic E-state index is -0.898. The molecule has 140 valence electrons. The fourth-order valence-electron chi connectivity index (χ4n) is 3.20. The minimum Gasteiger partial charge on any atom is -0.377 e. The van der Waals surface area contributed by atoms with Crippen LogP contribution in [-0.4, -0.2) is 33.7 Å². The van der Waals surface area contributed by atoms with Crippen LogP contribution in [0.15, 0.2) is 35.1 Å². The average Bonchev–Trinajstić information content (AvgIpc) is 3.09. The molecule has 2 aromatic heterocycles. The molecule has 8 heteroatoms. The lowest BCUT2D eigenvalue weighted by Gasteiger charge is -2.25. The first-order valence-corrected chi connectivity index (χ1v) is 8.58. The van der Waals surface area contributed by atoms with Crippen molar-refractivity contribution in [2.75, 3.05) is 13.7 Å². The predicted molar refractivity (Wildman–Crippen MR) is 92.4 cm³/mol. The highest BCUT2D eigenvalue weighted by Gasteiger charge is 2.25. The highest BCUT2D eigenvalue weighted by molar-refractivity contribution is 5.63. The van der Waals surface area contributed by atoms with E-state index in [1.807, 2.05) is 0 Å². The molecule has 0 amide bonds. The zero-order valence-corrected chi connectivity index (χ0v) is 14.8. The van der Waals surface area contributed by atoms with Crippen LogP contribution in [-0.2, 0) is 30.9 Å². The number of halogens is 2. The third-order valence-corrected chi connectivity index (χ3v) is 4.54. The zero-order valence-electron chi connectivity index (χ0n) is 14.8. The SMILES string of the molecule is COCc1ncc(CN2CCc3onc(-c4ccc(F)c(F)c4)c3C2)cn1. The van der Waals surface area contributed by atoms with Gasteiger partial charge < -0.3 is 9.26 Å². The second kappa shape index (κ2) is 7.50. The molecule has 0 bridgehead atoms. The number of hydrogen-bond acceptors (Lipinski definition) is 6. The Bertz CT molecular complexity index is 943. The fourth-order valence-corrected chi connectivity index (χ4v) is 3.20. The third kappa shape index (κ3) is 3.72. The van der Waals surface area contributed by atoms with Crippen molar-refractivity contribution in [1.29, 1.82) is 0 Å². The Morgan fingerprint density at radius 3 is 2.74 bits per heavy atom. The molecule has 1 aliphatic rings. The summed E-state index contributed by atoms with van der Waals surface area (Å²) in [6.45, 7) is 2.47. The lowest BCUT2D eigenvalue weighted by atomic mass is 10.0. The molecule has 4 rings (SSSR count). The van der Waals surface area contributed by atoms with Gasteiger partial charge in [0, 0.05) is 62.2 Å². The second-order valence-electron chi connectivity index (χ2n) is 6.46. The Balaban J connectivity index is 1.52. The molecule has 0 atom stereocenters. The Hall–Kier alpha value is -2.71. The standard InChI is InChI=1S/C19H18F2N4O2/c1-26-11-18-22-7-12(8-23-18)9-25-5-4-17-14(10-25)19(24-27-17)13-2-3-15(20)16(21)6-13/h2-3,6-8H,4-5,9-11H2,1H3. The van der Waals surface area contributed by atoms with Gasteiger partial charge in [-0.05, 0) is 18.2 Å². The number of rotatable bonds is 5. The van der Waals surface area contributed by atoms with Crippen LogP contribution in [0.1, 0.15) is 22.7 Å². The van der Waals surface area contributed by atoms with Crippen molar-refractivity contribution in [1.82, 2.24) is 20.0 Å². The van der Waals surface area contributed by atoms with Crippen molar-refractivity contribution in [3.05, 3.63) is 64.9 Å². The zero-order chi connectivity index (χ0) is 18.8. The molecule has 0 fully saturated rings. The van der Waals surface area contributed by atoms with Gasteiger partial charge in [0.2, 0.25) is 0 Å². The van der Waals surface area contributed by atoms with Gasteiger partial charge >= 0.3 is 0 Å². The maximum atomic E-state index is 13.6. The van der Waals surface area contributed by atoms with Crippen LogP contribution < -0.4 is 0 Å². The molecule has 0 N–H and O–H groups in total. The second-order valence-corrected chi connectivity index (χ2v) is 6.46. The summed E-state index contributed by atoms with van der Waals surface area (Å²) in [5.74, 6) is -0.348. The van der Waals surface area contributed by atoms with Crippen molar-refractivity contribution in [2.45, 2.75) is 26.1 Å². The van der Waals surface area contributed by atoms with Gasteiger partial charge in [0.25, 0.3) is 0 Å². The van der Waals surface area contributed by atoms with Gasteiger partial charge in [-0.15, -0.1) is 0 Å². The van der Waals surface area contributed by atoms with E-state index in [9.17, 15) is 8.78 Å². The highest BCUT2D eigenvalue weighted by atomic mass is 19.2. The summed E-state index contributed by atoms with van der Waals surface area (Å²) in [6.07, 6.45) is 4.29. The molecular formula is C19H18F2N4O2. The van der Waals surface area contributed by atoms with Crippen molar-refractivity contribution in [3.63, 3.8) is 0 Å². The molecule has 1 aromatic carbocycles. The van der Waals surface area contributed by atoms with Gasteiger partial charge in [-0.1, -0.05) is 5.16 Å². The number of fused-ring (bicyclic) bond motifs is 1. The molecular weight excluding hydrogens is 354 g/mol. The molecule has 3 heterocycles. The minimum absolute atomic E-state index is 0.381. The predicted octanol–water partition coefficient (Wildman–Crippen LogP) is 3.11. The van der Waals surface area contributed by atoms with Crippen LogP contribution in [0.3, 0.4) is 0 Å². The Morgan fingerprint density at radius 2 is 2.00 bits per heavy atom. The van der Waals surface area contributed by atoms with E-state index in [4.69, 9.17) is 9.26 Å². The topological polar surface area (TPSA) is 64.3 Å². The van der Waals surface area contributed by atoms with Crippen LogP contribution in [0.25, 0.3) is 11.3 Å². The van der Waals surface area contributed by atoms with E-state index in [1.54, 1.807) is 19.5 Å². The quantitative estimate of drug-likeness (QED) is 0.686. The van der Waals surface area contributed by atoms with E-state index in [0.717, 1.165) is 35.6 Å². The van der Waals surface area contributed by atoms with Crippen molar-refractivity contribution in [3.8, 4) is 11.3 Å². The summed E-state index contributed by atoms with van der Waals surface area (Å²) in [4.78, 5) is 10.8. The summed E-state index contributed by atoms with van der Waals surface area (Å²) in [5, 5.41) is 4.08. The number of aromatic nitrogens is 3. The first kappa shape index (κ1) is 17.7. The van der Waals surface area contributed by atoms with Crippen LogP contribution in [0.5, 0.6) is 0 Å². The number of benzene rings is 1. The van der Waals surface area contributed by atoms with E-state index in [1.165, 1.54) is 6.07 Å². The lowest BCUT2D eigenvalue weighted by molar-refractivity contribution is 0.177. The molecule has 0 unspecified atom stereocenters. The first-order valence-electron chi connectivity index (χ1n) is 8.58. The van der Waals surface area contributed by atoms with E-state index in [0.29, 0.717) is 43.2 Å². The number of ether oxygens (including phenoxy) is 1. The van der Waals surface area contributed by atoms with Gasteiger partial charge in [-0.3, -0.25) is 4.90 Å². The van der Waals surface area contributed by atoms with Gasteiger partial charge in [0.1, 0.15) is 18.1 Å². The average molecular weight is 372 g/mol. The lowest BCUT2D eigenvalue weighted by Crippen LogP contribution is -2.29. The highest BCUT2D eigenvalue weighted by Crippen LogP contribution is 2.31. The first-order chi connectivity index (χ1) is 13.1. The summed E-state index contributed by atoms with van der Waals surface area (Å²) >= 11 is 0. The van der Waals surface area contributed by atoms with Crippen LogP contribution >= 0.6 is 0 Å². The molecule has 27 heavy (non-hydrogen) atoms. The fraction of sp³-hybridized carbons (Fsp3) is 0.316. The van der Waals surface area contributed by atoms with E-state index in [2.05, 4.69) is 20.0 Å². The summed E-state index contributed by atoms with van der Waals surface area (Å²) < 4.78 is 37.2. The molecule has 6 nitrogen and oxygen atoms in total. The van der Waals surface area contributed by atoms with E-state index >= 15 is 0 Å². The summed E-state index contributed by atoms with van der Waals surface area (Å²) in [7, 11) is 1.60. The van der Waals surface area contributed by atoms with Gasteiger partial charge in [-0.25, -0.2) is 18.7 Å². The van der Waals surface area contributed by atoms with Gasteiger partial charge in [0.15, 0.2) is 17.5 Å². The Morgan fingerprint density at radius 1 is 1.19 bits per heavy atom. The Kier molecular flexibility index (Phi) is 4.91. The van der Waals surface area contributed by atoms with Crippen molar-refractivity contribution < 1.29 is 18.0 Å². The van der Waals surface area contributed by atoms with E-state index < -0.39 is 11.6 Å². The molecule has 0 saturated heterocycles. The molecule has 1 aliphatic heterocycles. The van der Waals surface area contributed by atoms with Crippen LogP contribution in [0, 0.1) is 11.6 Å². The number of hydrogen-bond donors (Lipinski definition) is 0. The normalized spacial score (nSPS) is 14.3. The van der Waals surface area contributed by atoms with Crippen molar-refractivity contribution >= 4 is 0 Å². The molecule has 0 aliphatic carbocycles. The van der Waals surface area contributed by atoms with E-state index in [-0.39, 0.29) is 0 Å². The number of methoxy groups -OCH3 is 1. The summed E-state index contributed by atoms with van der Waals surface area (Å²) in [5.41, 5.74) is 2.96. The van der Waals surface area contributed by atoms with Crippen LogP contribution in [0.4, 0.5) is 8.78 Å². The monoisotopic (exact) mass is 372 g/mol. The molecule has 0 radical (unpaired) electrons. The smallest absolute Gasteiger partial charge is 0.159 e. The maximum absolute atomic E-state index is 13.6. The number of nitrogens with zero attached hydrogens (tertiary/aromatic N) is 4. The van der Waals surface area contributed by atoms with Crippen molar-refractivity contribution in [2.24, 2.45) is 0 Å². The largest absolute Gasteiger partial charge is 0.377 e. The third-order valence-electron chi connectivity index (χ3n) is 4.54. The molecule has 3 aromatic rings. The molecule has 0 saturated carbocycles. The maximum Gasteiger partial charge on any atom is 0.159 e. The summed E-state index contributed by atoms with van der Waals surface area (Å²) in [6, 6.07) is 3.76. The van der Waals surface area contributed by atoms with Crippen LogP contribution in [0.2, 0.25) is 0 Å².